The molecule has 0 radical (unpaired) electrons. The van der Waals surface area contributed by atoms with E-state index in [0.29, 0.717) is 10.6 Å². The maximum atomic E-state index is 12.6. The molecular weight excluding hydrogens is 292 g/mol. The second-order valence-corrected chi connectivity index (χ2v) is 6.13. The van der Waals surface area contributed by atoms with Gasteiger partial charge in [0.2, 0.25) is 0 Å². The van der Waals surface area contributed by atoms with Gasteiger partial charge in [0.15, 0.2) is 0 Å². The molecule has 20 heavy (non-hydrogen) atoms. The van der Waals surface area contributed by atoms with Crippen molar-refractivity contribution in [1.29, 1.82) is 0 Å². The molecule has 0 aliphatic carbocycles. The average molecular weight is 305 g/mol. The molecule has 5 heteroatoms. The van der Waals surface area contributed by atoms with Gasteiger partial charge in [-0.25, -0.2) is 0 Å². The van der Waals surface area contributed by atoms with Gasteiger partial charge in [0.05, 0.1) is 0 Å². The van der Waals surface area contributed by atoms with E-state index in [0.717, 1.165) is 17.9 Å². The van der Waals surface area contributed by atoms with Gasteiger partial charge in [-0.3, -0.25) is 9.78 Å². The van der Waals surface area contributed by atoms with E-state index in [4.69, 9.17) is 11.6 Å². The highest BCUT2D eigenvalue weighted by molar-refractivity contribution is 7.99. The van der Waals surface area contributed by atoms with Crippen molar-refractivity contribution < 1.29 is 4.79 Å². The summed E-state index contributed by atoms with van der Waals surface area (Å²) in [5, 5.41) is 0.712. The molecule has 1 aliphatic rings. The molecule has 0 unspecified atom stereocenters. The van der Waals surface area contributed by atoms with Crippen LogP contribution < -0.4 is 0 Å². The molecule has 3 rings (SSSR count). The Bertz CT molecular complexity index is 603. The van der Waals surface area contributed by atoms with Crippen molar-refractivity contribution in [2.75, 3.05) is 12.3 Å². The zero-order valence-electron chi connectivity index (χ0n) is 10.7. The Kier molecular flexibility index (Phi) is 3.94. The molecule has 1 saturated heterocycles. The minimum atomic E-state index is 0.0495. The molecule has 1 aliphatic heterocycles. The molecular formula is C15H13ClN2OS. The van der Waals surface area contributed by atoms with E-state index >= 15 is 0 Å². The summed E-state index contributed by atoms with van der Waals surface area (Å²) in [4.78, 5) is 18.5. The maximum absolute atomic E-state index is 12.6. The van der Waals surface area contributed by atoms with E-state index in [1.807, 2.05) is 17.0 Å². The first-order valence-electron chi connectivity index (χ1n) is 6.34. The lowest BCUT2D eigenvalue weighted by atomic mass is 10.1. The van der Waals surface area contributed by atoms with Gasteiger partial charge in [0.25, 0.3) is 5.91 Å². The highest BCUT2D eigenvalue weighted by Crippen LogP contribution is 2.38. The third kappa shape index (κ3) is 2.67. The minimum absolute atomic E-state index is 0.0495. The molecule has 0 spiro atoms. The molecule has 1 atom stereocenters. The Balaban J connectivity index is 1.85. The van der Waals surface area contributed by atoms with Crippen LogP contribution in [0.2, 0.25) is 5.02 Å². The van der Waals surface area contributed by atoms with Crippen LogP contribution in [0.1, 0.15) is 21.3 Å². The Morgan fingerprint density at radius 2 is 1.90 bits per heavy atom. The second kappa shape index (κ2) is 5.85. The summed E-state index contributed by atoms with van der Waals surface area (Å²) in [6.45, 7) is 0.763. The molecule has 0 N–H and O–H groups in total. The summed E-state index contributed by atoms with van der Waals surface area (Å²) < 4.78 is 0. The quantitative estimate of drug-likeness (QED) is 0.849. The molecule has 1 amide bonds. The van der Waals surface area contributed by atoms with Gasteiger partial charge in [-0.2, -0.15) is 0 Å². The highest BCUT2D eigenvalue weighted by Gasteiger charge is 2.31. The van der Waals surface area contributed by atoms with Gasteiger partial charge in [0.1, 0.15) is 5.37 Å². The number of carbonyl (C=O) groups excluding carboxylic acids is 1. The van der Waals surface area contributed by atoms with Crippen molar-refractivity contribution in [2.45, 2.75) is 5.37 Å². The predicted octanol–water partition coefficient (Wildman–Crippen LogP) is 3.62. The molecule has 1 aromatic heterocycles. The number of nitrogens with zero attached hydrogens (tertiary/aromatic N) is 2. The van der Waals surface area contributed by atoms with E-state index in [2.05, 4.69) is 4.98 Å². The lowest BCUT2D eigenvalue weighted by Crippen LogP contribution is -2.30. The largest absolute Gasteiger partial charge is 0.322 e. The molecule has 102 valence electrons. The fourth-order valence-electron chi connectivity index (χ4n) is 2.24. The summed E-state index contributed by atoms with van der Waals surface area (Å²) in [5.41, 5.74) is 1.79. The van der Waals surface area contributed by atoms with Crippen LogP contribution in [0.3, 0.4) is 0 Å². The van der Waals surface area contributed by atoms with E-state index in [-0.39, 0.29) is 11.3 Å². The lowest BCUT2D eigenvalue weighted by Gasteiger charge is -2.24. The second-order valence-electron chi connectivity index (χ2n) is 4.51. The van der Waals surface area contributed by atoms with Crippen molar-refractivity contribution in [3.05, 3.63) is 64.9 Å². The van der Waals surface area contributed by atoms with Gasteiger partial charge in [-0.1, -0.05) is 11.6 Å². The van der Waals surface area contributed by atoms with Crippen LogP contribution in [0.5, 0.6) is 0 Å². The Hall–Kier alpha value is -1.52. The van der Waals surface area contributed by atoms with Crippen LogP contribution in [-0.4, -0.2) is 28.1 Å². The van der Waals surface area contributed by atoms with Crippen molar-refractivity contribution in [3.63, 3.8) is 0 Å². The Labute approximate surface area is 127 Å². The van der Waals surface area contributed by atoms with Crippen molar-refractivity contribution in [1.82, 2.24) is 9.88 Å². The number of halogens is 1. The van der Waals surface area contributed by atoms with Crippen LogP contribution in [0, 0.1) is 0 Å². The van der Waals surface area contributed by atoms with E-state index in [1.54, 1.807) is 48.4 Å². The summed E-state index contributed by atoms with van der Waals surface area (Å²) >= 11 is 7.65. The van der Waals surface area contributed by atoms with Gasteiger partial charge in [-0.15, -0.1) is 11.8 Å². The Morgan fingerprint density at radius 1 is 1.20 bits per heavy atom. The molecule has 0 saturated carbocycles. The van der Waals surface area contributed by atoms with Crippen molar-refractivity contribution >= 4 is 29.3 Å². The Morgan fingerprint density at radius 3 is 2.60 bits per heavy atom. The third-order valence-corrected chi connectivity index (χ3v) is 4.75. The lowest BCUT2D eigenvalue weighted by molar-refractivity contribution is 0.0760. The highest BCUT2D eigenvalue weighted by atomic mass is 35.5. The van der Waals surface area contributed by atoms with Crippen LogP contribution in [-0.2, 0) is 0 Å². The number of thioether (sulfide) groups is 1. The molecule has 3 nitrogen and oxygen atoms in total. The predicted molar refractivity (Wildman–Crippen MR) is 81.9 cm³/mol. The summed E-state index contributed by atoms with van der Waals surface area (Å²) in [7, 11) is 0. The smallest absolute Gasteiger partial charge is 0.255 e. The van der Waals surface area contributed by atoms with E-state index < -0.39 is 0 Å². The minimum Gasteiger partial charge on any atom is -0.322 e. The topological polar surface area (TPSA) is 33.2 Å². The normalized spacial score (nSPS) is 18.2. The number of amides is 1. The molecule has 2 heterocycles. The number of aromatic nitrogens is 1. The molecule has 1 aromatic carbocycles. The first-order chi connectivity index (χ1) is 9.75. The average Bonchev–Trinajstić information content (AvgIpc) is 2.97. The van der Waals surface area contributed by atoms with Crippen LogP contribution >= 0.6 is 23.4 Å². The number of rotatable bonds is 2. The summed E-state index contributed by atoms with van der Waals surface area (Å²) in [6, 6.07) is 11.0. The van der Waals surface area contributed by atoms with Gasteiger partial charge in [-0.05, 0) is 42.0 Å². The van der Waals surface area contributed by atoms with Gasteiger partial charge < -0.3 is 4.90 Å². The van der Waals surface area contributed by atoms with E-state index in [9.17, 15) is 4.79 Å². The monoisotopic (exact) mass is 304 g/mol. The van der Waals surface area contributed by atoms with Crippen molar-refractivity contribution in [3.8, 4) is 0 Å². The van der Waals surface area contributed by atoms with Crippen LogP contribution in [0.15, 0.2) is 48.8 Å². The summed E-state index contributed by atoms with van der Waals surface area (Å²) in [6.07, 6.45) is 3.53. The van der Waals surface area contributed by atoms with Gasteiger partial charge >= 0.3 is 0 Å². The number of benzene rings is 1. The first kappa shape index (κ1) is 13.5. The third-order valence-electron chi connectivity index (χ3n) is 3.23. The summed E-state index contributed by atoms with van der Waals surface area (Å²) in [5.74, 6) is 1.00. The van der Waals surface area contributed by atoms with Crippen molar-refractivity contribution in [2.24, 2.45) is 0 Å². The zero-order valence-corrected chi connectivity index (χ0v) is 12.3. The SMILES string of the molecule is O=C(c1ccc(Cl)cc1)N1CCS[C@@H]1c1ccncc1. The standard InChI is InChI=1S/C15H13ClN2OS/c16-13-3-1-11(2-4-13)14(19)18-9-10-20-15(18)12-5-7-17-8-6-12/h1-8,15H,9-10H2/t15-/m1/s1. The number of carbonyl (C=O) groups is 1. The van der Waals surface area contributed by atoms with Gasteiger partial charge in [0, 0.05) is 35.3 Å². The molecule has 0 bridgehead atoms. The van der Waals surface area contributed by atoms with E-state index in [1.165, 1.54) is 0 Å². The van der Waals surface area contributed by atoms with Crippen LogP contribution in [0.25, 0.3) is 0 Å². The number of pyridine rings is 1. The molecule has 1 fully saturated rings. The first-order valence-corrected chi connectivity index (χ1v) is 7.76. The fourth-order valence-corrected chi connectivity index (χ4v) is 3.62. The fraction of sp³-hybridized carbons (Fsp3) is 0.200. The number of hydrogen-bond donors (Lipinski definition) is 0. The number of hydrogen-bond acceptors (Lipinski definition) is 3. The van der Waals surface area contributed by atoms with Crippen LogP contribution in [0.4, 0.5) is 0 Å². The molecule has 2 aromatic rings. The zero-order chi connectivity index (χ0) is 13.9. The maximum Gasteiger partial charge on any atom is 0.255 e.